The zero-order chi connectivity index (χ0) is 29.2. The normalized spacial score (nSPS) is 11.9. The Balaban J connectivity index is 1.90. The van der Waals surface area contributed by atoms with E-state index in [4.69, 9.17) is 16.3 Å². The van der Waals surface area contributed by atoms with Gasteiger partial charge < -0.3 is 14.2 Å². The number of hydrogen-bond acceptors (Lipinski definition) is 5. The Bertz CT molecular complexity index is 1570. The second kappa shape index (κ2) is 11.3. The fourth-order valence-corrected chi connectivity index (χ4v) is 4.62. The summed E-state index contributed by atoms with van der Waals surface area (Å²) in [5, 5.41) is 10.4. The first-order chi connectivity index (χ1) is 18.8. The van der Waals surface area contributed by atoms with E-state index in [1.54, 1.807) is 87.8 Å². The SMILES string of the molecule is CC(C)(C)C(=O)c1c(CC(C)(C)C(=O)O)c(C(=O)c2ccc(Cl)cc2)n2ccc(OCCc3ccccn3)cc12. The van der Waals surface area contributed by atoms with Crippen molar-refractivity contribution >= 4 is 34.7 Å². The molecular weight excluding hydrogens is 528 g/mol. The van der Waals surface area contributed by atoms with Gasteiger partial charge in [0.25, 0.3) is 0 Å². The van der Waals surface area contributed by atoms with Crippen molar-refractivity contribution in [3.8, 4) is 5.75 Å². The second-order valence-electron chi connectivity index (χ2n) is 11.5. The van der Waals surface area contributed by atoms with E-state index in [1.807, 2.05) is 18.2 Å². The highest BCUT2D eigenvalue weighted by molar-refractivity contribution is 6.30. The average Bonchev–Trinajstić information content (AvgIpc) is 3.20. The molecule has 1 aromatic carbocycles. The van der Waals surface area contributed by atoms with Gasteiger partial charge in [-0.1, -0.05) is 38.4 Å². The van der Waals surface area contributed by atoms with Crippen molar-refractivity contribution in [1.82, 2.24) is 9.38 Å². The van der Waals surface area contributed by atoms with E-state index >= 15 is 0 Å². The van der Waals surface area contributed by atoms with E-state index in [2.05, 4.69) is 4.98 Å². The molecule has 0 radical (unpaired) electrons. The number of halogens is 1. The van der Waals surface area contributed by atoms with E-state index in [0.29, 0.717) is 46.0 Å². The number of rotatable bonds is 10. The third-order valence-electron chi connectivity index (χ3n) is 6.79. The molecule has 0 saturated carbocycles. The van der Waals surface area contributed by atoms with Gasteiger partial charge in [-0.15, -0.1) is 0 Å². The minimum absolute atomic E-state index is 0.0221. The molecule has 1 N–H and O–H groups in total. The molecule has 208 valence electrons. The maximum atomic E-state index is 14.0. The van der Waals surface area contributed by atoms with Crippen LogP contribution in [0.15, 0.2) is 67.0 Å². The van der Waals surface area contributed by atoms with E-state index in [9.17, 15) is 19.5 Å². The number of ether oxygens (including phenoxy) is 1. The number of aromatic nitrogens is 2. The minimum atomic E-state index is -1.24. The van der Waals surface area contributed by atoms with Gasteiger partial charge in [0.1, 0.15) is 5.75 Å². The monoisotopic (exact) mass is 560 g/mol. The maximum Gasteiger partial charge on any atom is 0.309 e. The number of aliphatic carboxylic acids is 1. The van der Waals surface area contributed by atoms with E-state index < -0.39 is 16.8 Å². The molecule has 0 unspecified atom stereocenters. The highest BCUT2D eigenvalue weighted by Crippen LogP contribution is 2.37. The highest BCUT2D eigenvalue weighted by atomic mass is 35.5. The van der Waals surface area contributed by atoms with Gasteiger partial charge in [0.15, 0.2) is 5.78 Å². The lowest BCUT2D eigenvalue weighted by Crippen LogP contribution is -2.29. The van der Waals surface area contributed by atoms with Crippen molar-refractivity contribution in [1.29, 1.82) is 0 Å². The molecule has 0 fully saturated rings. The van der Waals surface area contributed by atoms with Crippen LogP contribution in [0.3, 0.4) is 0 Å². The number of hydrogen-bond donors (Lipinski definition) is 1. The Morgan fingerprint density at radius 1 is 1.00 bits per heavy atom. The molecule has 0 atom stereocenters. The van der Waals surface area contributed by atoms with Gasteiger partial charge in [-0.25, -0.2) is 0 Å². The lowest BCUT2D eigenvalue weighted by molar-refractivity contribution is -0.146. The number of carboxylic acid groups (broad SMARTS) is 1. The van der Waals surface area contributed by atoms with Crippen molar-refractivity contribution in [2.45, 2.75) is 47.5 Å². The molecule has 3 heterocycles. The summed E-state index contributed by atoms with van der Waals surface area (Å²) in [5.74, 6) is -1.03. The molecule has 0 aliphatic rings. The number of Topliss-reactive ketones (excluding diaryl/α,β-unsaturated/α-hetero) is 1. The van der Waals surface area contributed by atoms with Gasteiger partial charge in [-0.05, 0) is 68.3 Å². The van der Waals surface area contributed by atoms with E-state index in [0.717, 1.165) is 5.69 Å². The summed E-state index contributed by atoms with van der Waals surface area (Å²) in [4.78, 5) is 44.4. The first kappa shape index (κ1) is 29.0. The molecular formula is C32H33ClN2O5. The Hall–Kier alpha value is -3.97. The molecule has 7 nitrogen and oxygen atoms in total. The van der Waals surface area contributed by atoms with Crippen LogP contribution < -0.4 is 4.74 Å². The Morgan fingerprint density at radius 2 is 1.70 bits per heavy atom. The zero-order valence-electron chi connectivity index (χ0n) is 23.3. The molecule has 0 spiro atoms. The smallest absolute Gasteiger partial charge is 0.309 e. The number of nitrogens with zero attached hydrogens (tertiary/aromatic N) is 2. The molecule has 40 heavy (non-hydrogen) atoms. The van der Waals surface area contributed by atoms with Gasteiger partial charge in [-0.3, -0.25) is 19.4 Å². The lowest BCUT2D eigenvalue weighted by atomic mass is 9.79. The molecule has 0 saturated heterocycles. The zero-order valence-corrected chi connectivity index (χ0v) is 24.1. The Morgan fingerprint density at radius 3 is 2.30 bits per heavy atom. The van der Waals surface area contributed by atoms with Crippen molar-refractivity contribution in [3.63, 3.8) is 0 Å². The molecule has 0 aliphatic carbocycles. The number of ketones is 2. The standard InChI is InChI=1S/C32H33ClN2O5/c1-31(2,3)29(37)26-24(19-32(4,5)30(38)39)27(28(36)20-9-11-21(33)12-10-20)35-16-13-23(18-25(26)35)40-17-14-22-8-6-7-15-34-22/h6-13,15-16,18H,14,17,19H2,1-5H3,(H,38,39). The number of carbonyl (C=O) groups is 3. The van der Waals surface area contributed by atoms with Crippen LogP contribution in [-0.2, 0) is 17.6 Å². The molecule has 4 aromatic rings. The van der Waals surface area contributed by atoms with E-state index in [-0.39, 0.29) is 23.7 Å². The van der Waals surface area contributed by atoms with Crippen molar-refractivity contribution in [2.75, 3.05) is 6.61 Å². The summed E-state index contributed by atoms with van der Waals surface area (Å²) >= 11 is 6.06. The topological polar surface area (TPSA) is 98.0 Å². The van der Waals surface area contributed by atoms with Crippen LogP contribution in [0.5, 0.6) is 5.75 Å². The third kappa shape index (κ3) is 6.10. The largest absolute Gasteiger partial charge is 0.493 e. The van der Waals surface area contributed by atoms with Crippen molar-refractivity contribution < 1.29 is 24.2 Å². The summed E-state index contributed by atoms with van der Waals surface area (Å²) in [6, 6.07) is 15.7. The summed E-state index contributed by atoms with van der Waals surface area (Å²) in [6.07, 6.45) is 4.00. The number of fused-ring (bicyclic) bond motifs is 1. The predicted molar refractivity (Wildman–Crippen MR) is 155 cm³/mol. The Kier molecular flexibility index (Phi) is 8.17. The van der Waals surface area contributed by atoms with Crippen LogP contribution in [0, 0.1) is 10.8 Å². The second-order valence-corrected chi connectivity index (χ2v) is 12.0. The fourth-order valence-electron chi connectivity index (χ4n) is 4.50. The fraction of sp³-hybridized carbons (Fsp3) is 0.312. The Labute approximate surface area is 238 Å². The van der Waals surface area contributed by atoms with Gasteiger partial charge in [0, 0.05) is 52.1 Å². The van der Waals surface area contributed by atoms with Crippen LogP contribution in [0.25, 0.3) is 5.52 Å². The predicted octanol–water partition coefficient (Wildman–Crippen LogP) is 6.72. The van der Waals surface area contributed by atoms with Gasteiger partial charge in [0.2, 0.25) is 5.78 Å². The van der Waals surface area contributed by atoms with E-state index in [1.165, 1.54) is 0 Å². The summed E-state index contributed by atoms with van der Waals surface area (Å²) < 4.78 is 7.70. The first-order valence-corrected chi connectivity index (χ1v) is 13.5. The number of pyridine rings is 2. The number of carboxylic acids is 1. The van der Waals surface area contributed by atoms with Gasteiger partial charge in [0.05, 0.1) is 23.2 Å². The molecule has 0 bridgehead atoms. The van der Waals surface area contributed by atoms with Gasteiger partial charge in [-0.2, -0.15) is 0 Å². The first-order valence-electron chi connectivity index (χ1n) is 13.1. The lowest BCUT2D eigenvalue weighted by Gasteiger charge is -2.22. The van der Waals surface area contributed by atoms with Crippen LogP contribution >= 0.6 is 11.6 Å². The third-order valence-corrected chi connectivity index (χ3v) is 7.04. The molecule has 0 amide bonds. The van der Waals surface area contributed by atoms with Crippen molar-refractivity contribution in [2.24, 2.45) is 10.8 Å². The molecule has 8 heteroatoms. The van der Waals surface area contributed by atoms with Crippen molar-refractivity contribution in [3.05, 3.63) is 100 Å². The minimum Gasteiger partial charge on any atom is -0.493 e. The van der Waals surface area contributed by atoms with Crippen LogP contribution in [0.1, 0.15) is 72.3 Å². The highest BCUT2D eigenvalue weighted by Gasteiger charge is 2.37. The quantitative estimate of drug-likeness (QED) is 0.216. The van der Waals surface area contributed by atoms with Crippen LogP contribution in [0.4, 0.5) is 0 Å². The average molecular weight is 561 g/mol. The maximum absolute atomic E-state index is 14.0. The summed E-state index contributed by atoms with van der Waals surface area (Å²) in [5.41, 5.74) is 0.706. The molecule has 4 rings (SSSR count). The number of carbonyl (C=O) groups excluding carboxylic acids is 2. The van der Waals surface area contributed by atoms with Gasteiger partial charge >= 0.3 is 5.97 Å². The molecule has 0 aliphatic heterocycles. The number of benzene rings is 1. The summed E-state index contributed by atoms with van der Waals surface area (Å²) in [7, 11) is 0. The molecule has 3 aromatic heterocycles. The summed E-state index contributed by atoms with van der Waals surface area (Å²) in [6.45, 7) is 8.96. The van der Waals surface area contributed by atoms with Crippen LogP contribution in [0.2, 0.25) is 5.02 Å². The van der Waals surface area contributed by atoms with Crippen LogP contribution in [-0.4, -0.2) is 38.6 Å².